The quantitative estimate of drug-likeness (QED) is 0.195. The van der Waals surface area contributed by atoms with Crippen LogP contribution < -0.4 is 4.90 Å². The van der Waals surface area contributed by atoms with E-state index in [9.17, 15) is 18.0 Å². The lowest BCUT2D eigenvalue weighted by Crippen LogP contribution is -2.46. The number of fused-ring (bicyclic) bond motifs is 1. The van der Waals surface area contributed by atoms with Gasteiger partial charge in [0, 0.05) is 16.1 Å². The first kappa shape index (κ1) is 27.1. The molecule has 0 radical (unpaired) electrons. The molecule has 6 rings (SSSR count). The van der Waals surface area contributed by atoms with Crippen molar-refractivity contribution in [3.63, 3.8) is 0 Å². The van der Waals surface area contributed by atoms with Crippen molar-refractivity contribution in [2.24, 2.45) is 0 Å². The molecule has 0 aliphatic carbocycles. The molecule has 2 unspecified atom stereocenters. The molecule has 8 nitrogen and oxygen atoms in total. The number of oxazole rings is 1. The number of aromatic nitrogens is 1. The van der Waals surface area contributed by atoms with Gasteiger partial charge in [-0.1, -0.05) is 58.4 Å². The number of halogens is 1. The van der Waals surface area contributed by atoms with E-state index in [0.29, 0.717) is 28.3 Å². The van der Waals surface area contributed by atoms with Crippen LogP contribution in [0.15, 0.2) is 117 Å². The van der Waals surface area contributed by atoms with E-state index in [1.807, 2.05) is 42.5 Å². The fourth-order valence-electron chi connectivity index (χ4n) is 5.09. The molecular formula is C31H24BrN3O5S. The van der Waals surface area contributed by atoms with Gasteiger partial charge in [-0.05, 0) is 73.2 Å². The average molecular weight is 631 g/mol. The minimum atomic E-state index is -4.17. The van der Waals surface area contributed by atoms with Gasteiger partial charge < -0.3 is 4.42 Å². The Kier molecular flexibility index (Phi) is 7.06. The van der Waals surface area contributed by atoms with Crippen LogP contribution in [-0.2, 0) is 19.6 Å². The fraction of sp³-hybridized carbons (Fsp3) is 0.129. The maximum atomic E-state index is 14.0. The summed E-state index contributed by atoms with van der Waals surface area (Å²) in [6, 6.07) is 27.5. The summed E-state index contributed by atoms with van der Waals surface area (Å²) in [4.78, 5) is 32.7. The molecule has 1 fully saturated rings. The van der Waals surface area contributed by atoms with Gasteiger partial charge in [0.2, 0.25) is 21.8 Å². The number of carbonyl (C=O) groups is 2. The zero-order valence-electron chi connectivity index (χ0n) is 21.8. The maximum absolute atomic E-state index is 14.0. The number of rotatable bonds is 7. The number of nitrogens with zero attached hydrogens (tertiary/aromatic N) is 3. The van der Waals surface area contributed by atoms with E-state index in [1.54, 1.807) is 55.5 Å². The minimum Gasteiger partial charge on any atom is -0.436 e. The topological polar surface area (TPSA) is 101 Å². The molecule has 2 heterocycles. The molecule has 4 aromatic carbocycles. The Balaban J connectivity index is 1.34. The minimum absolute atomic E-state index is 0.0323. The molecule has 41 heavy (non-hydrogen) atoms. The third-order valence-electron chi connectivity index (χ3n) is 7.15. The van der Waals surface area contributed by atoms with Crippen molar-refractivity contribution < 1.29 is 22.4 Å². The van der Waals surface area contributed by atoms with Crippen LogP contribution in [0.25, 0.3) is 22.6 Å². The van der Waals surface area contributed by atoms with Crippen molar-refractivity contribution in [3.8, 4) is 11.5 Å². The summed E-state index contributed by atoms with van der Waals surface area (Å²) in [7, 11) is -4.17. The van der Waals surface area contributed by atoms with Gasteiger partial charge in [0.05, 0.1) is 17.0 Å². The van der Waals surface area contributed by atoms with E-state index in [1.165, 1.54) is 16.4 Å². The molecule has 1 aromatic heterocycles. The van der Waals surface area contributed by atoms with Gasteiger partial charge in [-0.15, -0.1) is 0 Å². The lowest BCUT2D eigenvalue weighted by atomic mass is 10.1. The molecule has 0 spiro atoms. The summed E-state index contributed by atoms with van der Waals surface area (Å²) in [6.07, 6.45) is -0.279. The second kappa shape index (κ2) is 10.7. The van der Waals surface area contributed by atoms with Gasteiger partial charge in [-0.2, -0.15) is 4.31 Å². The zero-order chi connectivity index (χ0) is 28.7. The highest BCUT2D eigenvalue weighted by molar-refractivity contribution is 9.10. The van der Waals surface area contributed by atoms with Gasteiger partial charge in [-0.25, -0.2) is 18.3 Å². The highest BCUT2D eigenvalue weighted by Crippen LogP contribution is 2.36. The van der Waals surface area contributed by atoms with Crippen molar-refractivity contribution in [1.82, 2.24) is 9.29 Å². The molecule has 1 aliphatic rings. The van der Waals surface area contributed by atoms with Crippen molar-refractivity contribution in [3.05, 3.63) is 113 Å². The number of carbonyl (C=O) groups excluding carboxylic acids is 2. The third kappa shape index (κ3) is 4.99. The van der Waals surface area contributed by atoms with Crippen LogP contribution in [0.2, 0.25) is 0 Å². The Morgan fingerprint density at radius 3 is 2.24 bits per heavy atom. The van der Waals surface area contributed by atoms with Crippen LogP contribution >= 0.6 is 15.9 Å². The van der Waals surface area contributed by atoms with E-state index >= 15 is 0 Å². The number of imide groups is 1. The summed E-state index contributed by atoms with van der Waals surface area (Å²) < 4.78 is 35.8. The lowest BCUT2D eigenvalue weighted by Gasteiger charge is -2.32. The van der Waals surface area contributed by atoms with E-state index in [0.717, 1.165) is 14.9 Å². The normalized spacial score (nSPS) is 16.6. The predicted octanol–water partition coefficient (Wildman–Crippen LogP) is 6.34. The van der Waals surface area contributed by atoms with Crippen molar-refractivity contribution >= 4 is 54.6 Å². The van der Waals surface area contributed by atoms with Crippen LogP contribution in [0.3, 0.4) is 0 Å². The number of sulfonamides is 1. The Bertz CT molecular complexity index is 1820. The van der Waals surface area contributed by atoms with Crippen molar-refractivity contribution in [2.75, 3.05) is 4.90 Å². The van der Waals surface area contributed by atoms with Gasteiger partial charge in [0.25, 0.3) is 5.91 Å². The van der Waals surface area contributed by atoms with Crippen LogP contribution in [0.5, 0.6) is 0 Å². The standard InChI is InChI=1S/C31H24BrN3O5S/c1-20(21-7-3-2-4-8-21)35(41(38,39)25-17-13-23(32)14-18-25)27-19-29(36)34(31(27)37)24-15-11-22(12-16-24)30-33-26-9-5-6-10-28(26)40-30/h2-18,20,27H,19H2,1H3. The van der Waals surface area contributed by atoms with Gasteiger partial charge >= 0.3 is 0 Å². The van der Waals surface area contributed by atoms with Gasteiger partial charge in [0.15, 0.2) is 5.58 Å². The molecule has 1 saturated heterocycles. The Morgan fingerprint density at radius 1 is 0.902 bits per heavy atom. The number of para-hydroxylation sites is 2. The summed E-state index contributed by atoms with van der Waals surface area (Å²) in [6.45, 7) is 1.72. The molecule has 2 atom stereocenters. The van der Waals surface area contributed by atoms with Gasteiger partial charge in [0.1, 0.15) is 11.6 Å². The molecule has 5 aromatic rings. The SMILES string of the molecule is CC(c1ccccc1)N(C1CC(=O)N(c2ccc(-c3nc4ccccc4o3)cc2)C1=O)S(=O)(=O)c1ccc(Br)cc1. The average Bonchev–Trinajstić information content (AvgIpc) is 3.54. The predicted molar refractivity (Wildman–Crippen MR) is 158 cm³/mol. The number of benzene rings is 4. The van der Waals surface area contributed by atoms with Crippen LogP contribution in [-0.4, -0.2) is 35.6 Å². The smallest absolute Gasteiger partial charge is 0.252 e. The summed E-state index contributed by atoms with van der Waals surface area (Å²) in [5.41, 5.74) is 3.10. The van der Waals surface area contributed by atoms with Crippen LogP contribution in [0, 0.1) is 0 Å². The monoisotopic (exact) mass is 629 g/mol. The second-order valence-corrected chi connectivity index (χ2v) is 12.5. The number of amides is 2. The summed E-state index contributed by atoms with van der Waals surface area (Å²) in [5, 5.41) is 0. The fourth-order valence-corrected chi connectivity index (χ4v) is 7.11. The highest BCUT2D eigenvalue weighted by atomic mass is 79.9. The summed E-state index contributed by atoms with van der Waals surface area (Å²) in [5.74, 6) is -0.669. The van der Waals surface area contributed by atoms with Crippen molar-refractivity contribution in [1.29, 1.82) is 0 Å². The molecule has 206 valence electrons. The Hall–Kier alpha value is -4.12. The highest BCUT2D eigenvalue weighted by Gasteiger charge is 2.49. The first-order chi connectivity index (χ1) is 19.7. The van der Waals surface area contributed by atoms with E-state index in [-0.39, 0.29) is 11.3 Å². The van der Waals surface area contributed by atoms with Crippen molar-refractivity contribution in [2.45, 2.75) is 30.3 Å². The van der Waals surface area contributed by atoms with Crippen LogP contribution in [0.1, 0.15) is 24.9 Å². The van der Waals surface area contributed by atoms with Gasteiger partial charge in [-0.3, -0.25) is 9.59 Å². The first-order valence-corrected chi connectivity index (χ1v) is 15.1. The van der Waals surface area contributed by atoms with E-state index in [2.05, 4.69) is 20.9 Å². The number of hydrogen-bond acceptors (Lipinski definition) is 6. The molecule has 10 heteroatoms. The van der Waals surface area contributed by atoms with E-state index in [4.69, 9.17) is 4.42 Å². The molecular weight excluding hydrogens is 606 g/mol. The Labute approximate surface area is 245 Å². The lowest BCUT2D eigenvalue weighted by molar-refractivity contribution is -0.122. The zero-order valence-corrected chi connectivity index (χ0v) is 24.2. The Morgan fingerprint density at radius 2 is 1.56 bits per heavy atom. The molecule has 2 amide bonds. The first-order valence-electron chi connectivity index (χ1n) is 12.9. The molecule has 1 aliphatic heterocycles. The molecule has 0 N–H and O–H groups in total. The maximum Gasteiger partial charge on any atom is 0.252 e. The largest absolute Gasteiger partial charge is 0.436 e. The van der Waals surface area contributed by atoms with E-state index < -0.39 is 33.9 Å². The number of anilines is 1. The summed E-state index contributed by atoms with van der Waals surface area (Å²) >= 11 is 3.34. The molecule has 0 bridgehead atoms. The number of hydrogen-bond donors (Lipinski definition) is 0. The third-order valence-corrected chi connectivity index (χ3v) is 9.67. The molecule has 0 saturated carbocycles. The second-order valence-electron chi connectivity index (χ2n) is 9.70. The van der Waals surface area contributed by atoms with Crippen LogP contribution in [0.4, 0.5) is 5.69 Å².